The summed E-state index contributed by atoms with van der Waals surface area (Å²) in [5.74, 6) is -2.63. The van der Waals surface area contributed by atoms with E-state index in [2.05, 4.69) is 0 Å². The van der Waals surface area contributed by atoms with Gasteiger partial charge in [-0.15, -0.1) is 0 Å². The highest BCUT2D eigenvalue weighted by molar-refractivity contribution is 7.89. The maximum Gasteiger partial charge on any atom is 0.334 e. The van der Waals surface area contributed by atoms with E-state index in [1.807, 2.05) is 0 Å². The van der Waals surface area contributed by atoms with Crippen LogP contribution in [-0.2, 0) is 26.2 Å². The summed E-state index contributed by atoms with van der Waals surface area (Å²) < 4.78 is 26.6. The molecule has 2 heterocycles. The van der Waals surface area contributed by atoms with Crippen molar-refractivity contribution >= 4 is 33.7 Å². The smallest absolute Gasteiger partial charge is 0.292 e. The minimum Gasteiger partial charge on any atom is -0.292 e. The van der Waals surface area contributed by atoms with Crippen LogP contribution in [0.3, 0.4) is 0 Å². The molecule has 0 aliphatic carbocycles. The molecule has 0 unspecified atom stereocenters. The molecule has 10 heteroatoms. The van der Waals surface area contributed by atoms with Gasteiger partial charge in [0.2, 0.25) is 10.0 Å². The van der Waals surface area contributed by atoms with Gasteiger partial charge in [0.15, 0.2) is 5.78 Å². The first-order valence-corrected chi connectivity index (χ1v) is 11.6. The summed E-state index contributed by atoms with van der Waals surface area (Å²) in [4.78, 5) is 51.3. The molecule has 0 spiro atoms. The summed E-state index contributed by atoms with van der Waals surface area (Å²) in [7, 11) is -3.61. The van der Waals surface area contributed by atoms with Crippen molar-refractivity contribution in [2.45, 2.75) is 24.3 Å². The van der Waals surface area contributed by atoms with E-state index in [1.54, 1.807) is 30.3 Å². The average molecular weight is 455 g/mol. The predicted molar refractivity (Wildman–Crippen MR) is 113 cm³/mol. The molecule has 2 aliphatic rings. The minimum atomic E-state index is -3.61. The summed E-state index contributed by atoms with van der Waals surface area (Å²) >= 11 is 0. The van der Waals surface area contributed by atoms with Gasteiger partial charge in [-0.05, 0) is 42.7 Å². The van der Waals surface area contributed by atoms with Crippen LogP contribution in [0.2, 0.25) is 0 Å². The lowest BCUT2D eigenvalue weighted by Gasteiger charge is -2.16. The van der Waals surface area contributed by atoms with Crippen LogP contribution in [0.5, 0.6) is 0 Å². The van der Waals surface area contributed by atoms with Gasteiger partial charge in [-0.25, -0.2) is 18.1 Å². The number of hydrogen-bond donors (Lipinski definition) is 0. The van der Waals surface area contributed by atoms with Crippen LogP contribution < -0.4 is 0 Å². The average Bonchev–Trinajstić information content (AvgIpc) is 3.41. The summed E-state index contributed by atoms with van der Waals surface area (Å²) in [6.45, 7) is 0.260. The fourth-order valence-electron chi connectivity index (χ4n) is 3.72. The highest BCUT2D eigenvalue weighted by atomic mass is 32.2. The highest BCUT2D eigenvalue weighted by Gasteiger charge is 2.45. The predicted octanol–water partition coefficient (Wildman–Crippen LogP) is 1.64. The van der Waals surface area contributed by atoms with Gasteiger partial charge < -0.3 is 0 Å². The number of rotatable bonds is 7. The third kappa shape index (κ3) is 4.06. The van der Waals surface area contributed by atoms with E-state index >= 15 is 0 Å². The molecule has 0 bridgehead atoms. The number of urea groups is 1. The number of imide groups is 2. The number of benzene rings is 2. The third-order valence-electron chi connectivity index (χ3n) is 5.50. The molecule has 2 aliphatic heterocycles. The van der Waals surface area contributed by atoms with Crippen LogP contribution in [-0.4, -0.2) is 65.8 Å². The first-order valence-electron chi connectivity index (χ1n) is 10.1. The highest BCUT2D eigenvalue weighted by Crippen LogP contribution is 2.22. The molecular formula is C22H21N3O6S. The summed E-state index contributed by atoms with van der Waals surface area (Å²) in [6.07, 6.45) is 1.63. The lowest BCUT2D eigenvalue weighted by molar-refractivity contribution is -0.143. The molecule has 4 amide bonds. The molecule has 0 saturated carbocycles. The first-order chi connectivity index (χ1) is 15.3. The van der Waals surface area contributed by atoms with Crippen molar-refractivity contribution in [2.24, 2.45) is 0 Å². The largest absolute Gasteiger partial charge is 0.334 e. The maximum atomic E-state index is 12.6. The zero-order valence-electron chi connectivity index (χ0n) is 17.1. The molecule has 2 aromatic carbocycles. The number of carbonyl (C=O) groups is 4. The van der Waals surface area contributed by atoms with Crippen LogP contribution >= 0.6 is 0 Å². The fourth-order valence-corrected chi connectivity index (χ4v) is 5.24. The number of nitrogens with zero attached hydrogens (tertiary/aromatic N) is 3. The number of hydrogen-bond acceptors (Lipinski definition) is 6. The van der Waals surface area contributed by atoms with Crippen molar-refractivity contribution in [3.05, 3.63) is 65.7 Å². The van der Waals surface area contributed by atoms with Crippen LogP contribution in [0.4, 0.5) is 4.79 Å². The van der Waals surface area contributed by atoms with E-state index in [1.165, 1.54) is 28.6 Å². The van der Waals surface area contributed by atoms with Gasteiger partial charge in [0.1, 0.15) is 0 Å². The monoisotopic (exact) mass is 455 g/mol. The minimum absolute atomic E-state index is 0.0714. The molecule has 32 heavy (non-hydrogen) atoms. The number of ketones is 1. The molecule has 0 radical (unpaired) electrons. The van der Waals surface area contributed by atoms with Crippen molar-refractivity contribution in [3.63, 3.8) is 0 Å². The number of sulfonamides is 1. The van der Waals surface area contributed by atoms with Crippen LogP contribution in [0.1, 0.15) is 28.8 Å². The van der Waals surface area contributed by atoms with Crippen LogP contribution in [0.15, 0.2) is 59.5 Å². The first kappa shape index (κ1) is 21.8. The van der Waals surface area contributed by atoms with Gasteiger partial charge >= 0.3 is 17.8 Å². The Morgan fingerprint density at radius 1 is 0.812 bits per heavy atom. The van der Waals surface area contributed by atoms with Gasteiger partial charge in [0, 0.05) is 18.7 Å². The van der Waals surface area contributed by atoms with E-state index < -0.39 is 40.2 Å². The van der Waals surface area contributed by atoms with Crippen molar-refractivity contribution in [1.82, 2.24) is 14.1 Å². The third-order valence-corrected chi connectivity index (χ3v) is 7.41. The van der Waals surface area contributed by atoms with Gasteiger partial charge in [-0.2, -0.15) is 4.31 Å². The number of carbonyl (C=O) groups excluding carboxylic acids is 4. The Kier molecular flexibility index (Phi) is 5.90. The lowest BCUT2D eigenvalue weighted by atomic mass is 10.1. The van der Waals surface area contributed by atoms with Crippen molar-refractivity contribution in [3.8, 4) is 0 Å². The van der Waals surface area contributed by atoms with E-state index in [4.69, 9.17) is 0 Å². The van der Waals surface area contributed by atoms with E-state index in [0.29, 0.717) is 23.6 Å². The number of amides is 4. The standard InChI is InChI=1S/C22H21N3O6S/c26-19(17-8-10-18(11-9-17)32(30,31)23-12-4-5-13-23)15-25-21(28)20(27)24(22(25)29)14-16-6-2-1-3-7-16/h1-3,6-11H,4-5,12-15H2. The molecule has 9 nitrogen and oxygen atoms in total. The molecule has 0 atom stereocenters. The molecule has 0 N–H and O–H groups in total. The Balaban J connectivity index is 1.46. The zero-order chi connectivity index (χ0) is 22.9. The molecule has 0 aromatic heterocycles. The molecule has 2 aromatic rings. The molecule has 4 rings (SSSR count). The number of Topliss-reactive ketones (excluding diaryl/α,β-unsaturated/α-hetero) is 1. The summed E-state index contributed by atoms with van der Waals surface area (Å²) in [5, 5.41) is 0. The second-order valence-electron chi connectivity index (χ2n) is 7.61. The Hall–Kier alpha value is -3.37. The van der Waals surface area contributed by atoms with E-state index in [0.717, 1.165) is 17.7 Å². The maximum absolute atomic E-state index is 12.6. The molecule has 166 valence electrons. The summed E-state index contributed by atoms with van der Waals surface area (Å²) in [6, 6.07) is 13.2. The normalized spacial score (nSPS) is 17.4. The van der Waals surface area contributed by atoms with Gasteiger partial charge in [-0.1, -0.05) is 30.3 Å². The Morgan fingerprint density at radius 3 is 2.03 bits per heavy atom. The second kappa shape index (κ2) is 8.64. The van der Waals surface area contributed by atoms with Crippen LogP contribution in [0.25, 0.3) is 0 Å². The van der Waals surface area contributed by atoms with E-state index in [-0.39, 0.29) is 17.0 Å². The zero-order valence-corrected chi connectivity index (χ0v) is 18.0. The van der Waals surface area contributed by atoms with E-state index in [9.17, 15) is 27.6 Å². The topological polar surface area (TPSA) is 112 Å². The molecular weight excluding hydrogens is 434 g/mol. The Labute approximate surface area is 185 Å². The van der Waals surface area contributed by atoms with Crippen molar-refractivity contribution in [2.75, 3.05) is 19.6 Å². The quantitative estimate of drug-likeness (QED) is 0.356. The van der Waals surface area contributed by atoms with Gasteiger partial charge in [0.05, 0.1) is 18.0 Å². The van der Waals surface area contributed by atoms with Gasteiger partial charge in [0.25, 0.3) is 0 Å². The molecule has 2 fully saturated rings. The second-order valence-corrected chi connectivity index (χ2v) is 9.55. The van der Waals surface area contributed by atoms with Crippen molar-refractivity contribution in [1.29, 1.82) is 0 Å². The van der Waals surface area contributed by atoms with Crippen LogP contribution in [0, 0.1) is 0 Å². The SMILES string of the molecule is O=C(CN1C(=O)C(=O)N(Cc2ccccc2)C1=O)c1ccc(S(=O)(=O)N2CCCC2)cc1. The van der Waals surface area contributed by atoms with Crippen molar-refractivity contribution < 1.29 is 27.6 Å². The lowest BCUT2D eigenvalue weighted by Crippen LogP contribution is -2.36. The fraction of sp³-hybridized carbons (Fsp3) is 0.273. The Morgan fingerprint density at radius 2 is 1.41 bits per heavy atom. The molecule has 2 saturated heterocycles. The Bertz CT molecular complexity index is 1170. The summed E-state index contributed by atoms with van der Waals surface area (Å²) in [5.41, 5.74) is 0.810. The van der Waals surface area contributed by atoms with Gasteiger partial charge in [-0.3, -0.25) is 19.3 Å².